The van der Waals surface area contributed by atoms with E-state index in [0.29, 0.717) is 16.2 Å². The predicted molar refractivity (Wildman–Crippen MR) is 188 cm³/mol. The van der Waals surface area contributed by atoms with E-state index >= 15 is 0 Å². The molecule has 268 valence electrons. The average Bonchev–Trinajstić information content (AvgIpc) is 3.11. The lowest BCUT2D eigenvalue weighted by molar-refractivity contribution is -0.138. The van der Waals surface area contributed by atoms with E-state index in [2.05, 4.69) is 16.0 Å². The highest BCUT2D eigenvalue weighted by atomic mass is 19.4. The number of hydrogen-bond donors (Lipinski definition) is 5. The third-order valence-corrected chi connectivity index (χ3v) is 9.37. The van der Waals surface area contributed by atoms with E-state index in [1.165, 1.54) is 42.5 Å². The number of amides is 3. The SMILES string of the molecule is N=C(Nc1cccc(C(F)(F)F)c1)c1cc(C(=O)O)c2c3ccc4c5c(ccc(c6ccc(C(=O)Nc7cccc(C(F)(F)F)c7)c1c62)c53)C(=O)NC4=O. The van der Waals surface area contributed by atoms with Gasteiger partial charge in [0.1, 0.15) is 5.84 Å². The molecule has 0 radical (unpaired) electrons. The number of hydrogen-bond acceptors (Lipinski definition) is 5. The van der Waals surface area contributed by atoms with Crippen LogP contribution in [0.1, 0.15) is 58.1 Å². The number of halogens is 6. The van der Waals surface area contributed by atoms with Crippen molar-refractivity contribution in [3.05, 3.63) is 130 Å². The molecule has 1 aliphatic rings. The van der Waals surface area contributed by atoms with Crippen LogP contribution in [-0.2, 0) is 12.4 Å². The Morgan fingerprint density at radius 1 is 0.574 bits per heavy atom. The smallest absolute Gasteiger partial charge is 0.416 e. The molecule has 0 unspecified atom stereocenters. The molecule has 9 nitrogen and oxygen atoms in total. The van der Waals surface area contributed by atoms with Crippen molar-refractivity contribution in [3.8, 4) is 0 Å². The summed E-state index contributed by atoms with van der Waals surface area (Å²) in [5.74, 6) is -4.37. The zero-order chi connectivity index (χ0) is 38.4. The molecule has 1 heterocycles. The van der Waals surface area contributed by atoms with Crippen LogP contribution < -0.4 is 16.0 Å². The molecule has 5 N–H and O–H groups in total. The molecule has 0 aromatic heterocycles. The van der Waals surface area contributed by atoms with E-state index in [1.807, 2.05) is 0 Å². The van der Waals surface area contributed by atoms with E-state index in [0.717, 1.165) is 42.5 Å². The summed E-state index contributed by atoms with van der Waals surface area (Å²) in [6.45, 7) is 0. The number of rotatable bonds is 5. The van der Waals surface area contributed by atoms with Crippen molar-refractivity contribution >= 4 is 84.0 Å². The third-order valence-electron chi connectivity index (χ3n) is 9.37. The van der Waals surface area contributed by atoms with E-state index in [-0.39, 0.29) is 66.1 Å². The molecular weight excluding hydrogens is 718 g/mol. The third kappa shape index (κ3) is 5.31. The number of alkyl halides is 6. The summed E-state index contributed by atoms with van der Waals surface area (Å²) in [6.07, 6.45) is -9.46. The first-order valence-corrected chi connectivity index (χ1v) is 15.9. The molecule has 54 heavy (non-hydrogen) atoms. The fourth-order valence-electron chi connectivity index (χ4n) is 7.13. The Kier molecular flexibility index (Phi) is 7.41. The van der Waals surface area contributed by atoms with Crippen molar-refractivity contribution in [3.63, 3.8) is 0 Å². The van der Waals surface area contributed by atoms with Gasteiger partial charge in [-0.25, -0.2) is 4.79 Å². The number of carbonyl (C=O) groups excluding carboxylic acids is 3. The number of carboxylic acids is 1. The quantitative estimate of drug-likeness (QED) is 0.0297. The minimum Gasteiger partial charge on any atom is -0.478 e. The average molecular weight is 739 g/mol. The van der Waals surface area contributed by atoms with Gasteiger partial charge in [-0.1, -0.05) is 30.3 Å². The Balaban J connectivity index is 1.44. The number of fused-ring (bicyclic) bond motifs is 2. The van der Waals surface area contributed by atoms with Gasteiger partial charge in [-0.15, -0.1) is 0 Å². The van der Waals surface area contributed by atoms with Crippen molar-refractivity contribution in [2.24, 2.45) is 0 Å². The van der Waals surface area contributed by atoms with Gasteiger partial charge in [0.2, 0.25) is 0 Å². The molecule has 7 aromatic rings. The van der Waals surface area contributed by atoms with Gasteiger partial charge in [0.05, 0.1) is 16.7 Å². The zero-order valence-corrected chi connectivity index (χ0v) is 27.0. The van der Waals surface area contributed by atoms with Gasteiger partial charge in [0.15, 0.2) is 0 Å². The standard InChI is InChI=1S/C39H20F6N4O5/c40-38(41,42)16-3-1-5-18(13-16)47-33(46)26-15-27(37(53)54)29-22-9-12-24-30-23(35(51)49-36(24)52)10-7-20(28(22)30)21-8-11-25(31(26)32(21)29)34(50)48-19-6-2-4-17(14-19)39(43,44)45/h1-15H,(H2,46,47)(H,48,50)(H,53,54)(H,49,51,52). The van der Waals surface area contributed by atoms with E-state index in [1.54, 1.807) is 6.07 Å². The Morgan fingerprint density at radius 3 is 1.69 bits per heavy atom. The number of amidine groups is 1. The number of carboxylic acid groups (broad SMARTS) is 1. The highest BCUT2D eigenvalue weighted by Crippen LogP contribution is 2.46. The van der Waals surface area contributed by atoms with Crippen LogP contribution in [-0.4, -0.2) is 34.6 Å². The fourth-order valence-corrected chi connectivity index (χ4v) is 7.13. The number of imide groups is 1. The van der Waals surface area contributed by atoms with Crippen molar-refractivity contribution in [2.45, 2.75) is 12.4 Å². The first-order chi connectivity index (χ1) is 25.5. The summed E-state index contributed by atoms with van der Waals surface area (Å²) in [4.78, 5) is 52.9. The van der Waals surface area contributed by atoms with E-state index in [4.69, 9.17) is 5.41 Å². The maximum Gasteiger partial charge on any atom is 0.416 e. The highest BCUT2D eigenvalue weighted by Gasteiger charge is 2.33. The molecule has 8 rings (SSSR count). The Hall–Kier alpha value is -7.03. The summed E-state index contributed by atoms with van der Waals surface area (Å²) in [6, 6.07) is 17.6. The van der Waals surface area contributed by atoms with Crippen LogP contribution in [0.2, 0.25) is 0 Å². The summed E-state index contributed by atoms with van der Waals surface area (Å²) in [5.41, 5.74) is -3.01. The lowest BCUT2D eigenvalue weighted by Crippen LogP contribution is -2.34. The van der Waals surface area contributed by atoms with Crippen molar-refractivity contribution in [2.75, 3.05) is 10.6 Å². The van der Waals surface area contributed by atoms with Gasteiger partial charge in [0, 0.05) is 49.8 Å². The maximum absolute atomic E-state index is 14.1. The molecular formula is C39H20F6N4O5. The zero-order valence-electron chi connectivity index (χ0n) is 27.0. The second kappa shape index (κ2) is 11.7. The normalized spacial score (nSPS) is 13.1. The fraction of sp³-hybridized carbons (Fsp3) is 0.0513. The largest absolute Gasteiger partial charge is 0.478 e. The summed E-state index contributed by atoms with van der Waals surface area (Å²) >= 11 is 0. The lowest BCUT2D eigenvalue weighted by atomic mass is 9.81. The topological polar surface area (TPSA) is 148 Å². The highest BCUT2D eigenvalue weighted by molar-refractivity contribution is 6.42. The molecule has 0 bridgehead atoms. The first kappa shape index (κ1) is 34.1. The number of carbonyl (C=O) groups is 4. The Labute approximate surface area is 298 Å². The van der Waals surface area contributed by atoms with Gasteiger partial charge in [-0.05, 0) is 87.6 Å². The van der Waals surface area contributed by atoms with Gasteiger partial charge in [-0.3, -0.25) is 25.1 Å². The molecule has 15 heteroatoms. The minimum absolute atomic E-state index is 0.0469. The summed E-state index contributed by atoms with van der Waals surface area (Å²) in [7, 11) is 0. The lowest BCUT2D eigenvalue weighted by Gasteiger charge is -2.23. The molecule has 0 atom stereocenters. The van der Waals surface area contributed by atoms with Crippen LogP contribution >= 0.6 is 0 Å². The van der Waals surface area contributed by atoms with Gasteiger partial charge in [-0.2, -0.15) is 26.3 Å². The number of anilines is 2. The van der Waals surface area contributed by atoms with Gasteiger partial charge < -0.3 is 15.7 Å². The molecule has 0 saturated carbocycles. The molecule has 0 fully saturated rings. The van der Waals surface area contributed by atoms with E-state index in [9.17, 15) is 50.6 Å². The van der Waals surface area contributed by atoms with Crippen LogP contribution in [0.3, 0.4) is 0 Å². The molecule has 0 spiro atoms. The Morgan fingerprint density at radius 2 is 1.11 bits per heavy atom. The maximum atomic E-state index is 14.1. The second-order valence-corrected chi connectivity index (χ2v) is 12.5. The van der Waals surface area contributed by atoms with E-state index < -0.39 is 53.0 Å². The van der Waals surface area contributed by atoms with Gasteiger partial charge >= 0.3 is 18.3 Å². The molecule has 3 amide bonds. The monoisotopic (exact) mass is 738 g/mol. The minimum atomic E-state index is -4.73. The summed E-state index contributed by atoms with van der Waals surface area (Å²) in [5, 5.41) is 28.7. The Bertz CT molecular complexity index is 2830. The molecule has 0 aliphatic carbocycles. The van der Waals surface area contributed by atoms with Crippen LogP contribution in [0.4, 0.5) is 37.7 Å². The van der Waals surface area contributed by atoms with Crippen LogP contribution in [0.15, 0.2) is 91.0 Å². The van der Waals surface area contributed by atoms with Crippen LogP contribution in [0.5, 0.6) is 0 Å². The van der Waals surface area contributed by atoms with Crippen LogP contribution in [0, 0.1) is 5.41 Å². The van der Waals surface area contributed by atoms with Crippen molar-refractivity contribution < 1.29 is 50.6 Å². The van der Waals surface area contributed by atoms with Crippen molar-refractivity contribution in [1.82, 2.24) is 5.32 Å². The van der Waals surface area contributed by atoms with Crippen LogP contribution in [0.25, 0.3) is 43.1 Å². The number of benzene rings is 7. The molecule has 1 aliphatic heterocycles. The van der Waals surface area contributed by atoms with Gasteiger partial charge in [0.25, 0.3) is 17.7 Å². The molecule has 7 aromatic carbocycles. The van der Waals surface area contributed by atoms with Crippen molar-refractivity contribution in [1.29, 1.82) is 5.41 Å². The first-order valence-electron chi connectivity index (χ1n) is 15.9. The second-order valence-electron chi connectivity index (χ2n) is 12.5. The predicted octanol–water partition coefficient (Wildman–Crippen LogP) is 9.05. The number of nitrogens with one attached hydrogen (secondary N) is 4. The number of aromatic carboxylic acids is 1. The molecule has 0 saturated heterocycles. The summed E-state index contributed by atoms with van der Waals surface area (Å²) < 4.78 is 81.3.